The van der Waals surface area contributed by atoms with Crippen LogP contribution < -0.4 is 0 Å². The molecule has 2 aromatic rings. The predicted molar refractivity (Wildman–Crippen MR) is 79.2 cm³/mol. The second-order valence-electron chi connectivity index (χ2n) is 5.44. The van der Waals surface area contributed by atoms with Crippen molar-refractivity contribution in [3.8, 4) is 0 Å². The Morgan fingerprint density at radius 2 is 2.00 bits per heavy atom. The molecule has 1 aromatic carbocycles. The van der Waals surface area contributed by atoms with Gasteiger partial charge >= 0.3 is 0 Å². The van der Waals surface area contributed by atoms with Crippen molar-refractivity contribution in [3.63, 3.8) is 0 Å². The number of likely N-dealkylation sites (N-methyl/N-ethyl adjacent to an activating group) is 1. The van der Waals surface area contributed by atoms with E-state index in [1.54, 1.807) is 11.7 Å². The lowest BCUT2D eigenvalue weighted by Gasteiger charge is -2.18. The molecule has 0 radical (unpaired) electrons. The third-order valence-electron chi connectivity index (χ3n) is 3.84. The normalized spacial score (nSPS) is 10.8. The number of amides is 1. The first kappa shape index (κ1) is 16.1. The lowest BCUT2D eigenvalue weighted by Crippen LogP contribution is -2.28. The van der Waals surface area contributed by atoms with E-state index in [2.05, 4.69) is 5.10 Å². The van der Waals surface area contributed by atoms with Crippen LogP contribution in [0.3, 0.4) is 0 Å². The van der Waals surface area contributed by atoms with E-state index in [1.165, 1.54) is 17.0 Å². The molecule has 0 unspecified atom stereocenters. The molecule has 22 heavy (non-hydrogen) atoms. The number of rotatable bonds is 4. The predicted octanol–water partition coefficient (Wildman–Crippen LogP) is 2.52. The van der Waals surface area contributed by atoms with Crippen LogP contribution in [-0.4, -0.2) is 27.6 Å². The molecule has 0 fully saturated rings. The van der Waals surface area contributed by atoms with Gasteiger partial charge in [0.25, 0.3) is 0 Å². The molecule has 0 bridgehead atoms. The average Bonchev–Trinajstić information content (AvgIpc) is 2.68. The fourth-order valence-corrected chi connectivity index (χ4v) is 2.35. The number of aryl methyl sites for hydroxylation is 2. The minimum atomic E-state index is -0.645. The van der Waals surface area contributed by atoms with Crippen LogP contribution in [0.2, 0.25) is 0 Å². The smallest absolute Gasteiger partial charge is 0.227 e. The van der Waals surface area contributed by atoms with E-state index >= 15 is 0 Å². The second-order valence-corrected chi connectivity index (χ2v) is 5.44. The molecule has 4 nitrogen and oxygen atoms in total. The van der Waals surface area contributed by atoms with Gasteiger partial charge in [-0.3, -0.25) is 9.48 Å². The summed E-state index contributed by atoms with van der Waals surface area (Å²) in [4.78, 5) is 13.7. The summed E-state index contributed by atoms with van der Waals surface area (Å²) in [5, 5.41) is 4.28. The number of benzene rings is 1. The molecule has 1 amide bonds. The Hall–Kier alpha value is -2.24. The molecule has 2 rings (SSSR count). The Bertz CT molecular complexity index is 710. The summed E-state index contributed by atoms with van der Waals surface area (Å²) in [6.07, 6.45) is 0.213. The first-order valence-corrected chi connectivity index (χ1v) is 6.96. The van der Waals surface area contributed by atoms with Gasteiger partial charge in [0.1, 0.15) is 11.6 Å². The first-order valence-electron chi connectivity index (χ1n) is 6.96. The molecule has 1 heterocycles. The maximum atomic E-state index is 13.6. The zero-order chi connectivity index (χ0) is 16.4. The van der Waals surface area contributed by atoms with Crippen LogP contribution in [0, 0.1) is 25.5 Å². The summed E-state index contributed by atoms with van der Waals surface area (Å²) in [7, 11) is 3.43. The maximum Gasteiger partial charge on any atom is 0.227 e. The highest BCUT2D eigenvalue weighted by molar-refractivity contribution is 5.79. The maximum absolute atomic E-state index is 13.6. The van der Waals surface area contributed by atoms with Crippen LogP contribution in [0.25, 0.3) is 0 Å². The van der Waals surface area contributed by atoms with Gasteiger partial charge in [-0.2, -0.15) is 5.10 Å². The van der Waals surface area contributed by atoms with Crippen molar-refractivity contribution in [3.05, 3.63) is 52.3 Å². The highest BCUT2D eigenvalue weighted by Crippen LogP contribution is 2.15. The number of aromatic nitrogens is 2. The van der Waals surface area contributed by atoms with Gasteiger partial charge in [0, 0.05) is 43.5 Å². The van der Waals surface area contributed by atoms with Gasteiger partial charge in [-0.15, -0.1) is 0 Å². The van der Waals surface area contributed by atoms with Crippen molar-refractivity contribution in [1.82, 2.24) is 14.7 Å². The third kappa shape index (κ3) is 3.32. The van der Waals surface area contributed by atoms with Crippen molar-refractivity contribution < 1.29 is 13.6 Å². The molecule has 0 spiro atoms. The monoisotopic (exact) mass is 307 g/mol. The minimum Gasteiger partial charge on any atom is -0.341 e. The number of carbonyl (C=O) groups excluding carboxylic acids is 1. The van der Waals surface area contributed by atoms with Crippen LogP contribution in [0.5, 0.6) is 0 Å². The minimum absolute atomic E-state index is 0.101. The van der Waals surface area contributed by atoms with E-state index in [-0.39, 0.29) is 24.4 Å². The second kappa shape index (κ2) is 6.25. The van der Waals surface area contributed by atoms with Gasteiger partial charge in [-0.05, 0) is 19.9 Å². The number of hydrogen-bond acceptors (Lipinski definition) is 2. The Morgan fingerprint density at radius 1 is 1.32 bits per heavy atom. The largest absolute Gasteiger partial charge is 0.341 e. The van der Waals surface area contributed by atoms with Gasteiger partial charge < -0.3 is 4.90 Å². The topological polar surface area (TPSA) is 38.1 Å². The van der Waals surface area contributed by atoms with Gasteiger partial charge in [-0.25, -0.2) is 8.78 Å². The molecule has 118 valence electrons. The number of carbonyl (C=O) groups is 1. The van der Waals surface area contributed by atoms with Crippen LogP contribution in [0.1, 0.15) is 22.5 Å². The Balaban J connectivity index is 2.09. The third-order valence-corrected chi connectivity index (χ3v) is 3.84. The lowest BCUT2D eigenvalue weighted by atomic mass is 10.1. The van der Waals surface area contributed by atoms with E-state index in [1.807, 2.05) is 20.9 Å². The van der Waals surface area contributed by atoms with Crippen molar-refractivity contribution in [2.75, 3.05) is 7.05 Å². The molecule has 0 atom stereocenters. The molecule has 0 saturated heterocycles. The molecule has 0 aliphatic carbocycles. The Labute approximate surface area is 128 Å². The molecule has 0 aliphatic rings. The molecule has 0 saturated carbocycles. The quantitative estimate of drug-likeness (QED) is 0.870. The Morgan fingerprint density at radius 3 is 2.55 bits per heavy atom. The fraction of sp³-hybridized carbons (Fsp3) is 0.375. The SMILES string of the molecule is Cc1nn(C)c(C)c1CC(=O)N(C)Cc1ccc(F)cc1F. The lowest BCUT2D eigenvalue weighted by molar-refractivity contribution is -0.129. The molecule has 1 aromatic heterocycles. The standard InChI is InChI=1S/C16H19F2N3O/c1-10-14(11(2)21(4)19-10)8-16(22)20(3)9-12-5-6-13(17)7-15(12)18/h5-7H,8-9H2,1-4H3. The fourth-order valence-electron chi connectivity index (χ4n) is 2.35. The van der Waals surface area contributed by atoms with E-state index in [0.717, 1.165) is 23.0 Å². The summed E-state index contributed by atoms with van der Waals surface area (Å²) in [5.41, 5.74) is 2.93. The number of hydrogen-bond donors (Lipinski definition) is 0. The van der Waals surface area contributed by atoms with Crippen molar-refractivity contribution >= 4 is 5.91 Å². The van der Waals surface area contributed by atoms with Gasteiger partial charge in [0.05, 0.1) is 12.1 Å². The summed E-state index contributed by atoms with van der Waals surface area (Å²) >= 11 is 0. The highest BCUT2D eigenvalue weighted by Gasteiger charge is 2.17. The summed E-state index contributed by atoms with van der Waals surface area (Å²) in [6, 6.07) is 3.37. The number of nitrogens with zero attached hydrogens (tertiary/aromatic N) is 3. The molecule has 0 aliphatic heterocycles. The first-order chi connectivity index (χ1) is 10.3. The highest BCUT2D eigenvalue weighted by atomic mass is 19.1. The van der Waals surface area contributed by atoms with Gasteiger partial charge in [-0.1, -0.05) is 6.07 Å². The zero-order valence-corrected chi connectivity index (χ0v) is 13.2. The molecular formula is C16H19F2N3O. The Kier molecular flexibility index (Phi) is 4.59. The van der Waals surface area contributed by atoms with Gasteiger partial charge in [0.2, 0.25) is 5.91 Å². The van der Waals surface area contributed by atoms with E-state index in [4.69, 9.17) is 0 Å². The van der Waals surface area contributed by atoms with Crippen LogP contribution in [0.4, 0.5) is 8.78 Å². The van der Waals surface area contributed by atoms with Crippen LogP contribution in [0.15, 0.2) is 18.2 Å². The zero-order valence-electron chi connectivity index (χ0n) is 13.2. The molecule has 0 N–H and O–H groups in total. The van der Waals surface area contributed by atoms with Crippen molar-refractivity contribution in [2.24, 2.45) is 7.05 Å². The number of halogens is 2. The summed E-state index contributed by atoms with van der Waals surface area (Å²) < 4.78 is 28.3. The van der Waals surface area contributed by atoms with E-state index < -0.39 is 11.6 Å². The van der Waals surface area contributed by atoms with Crippen LogP contribution in [-0.2, 0) is 24.8 Å². The molecule has 6 heteroatoms. The van der Waals surface area contributed by atoms with Crippen molar-refractivity contribution in [1.29, 1.82) is 0 Å². The van der Waals surface area contributed by atoms with Crippen molar-refractivity contribution in [2.45, 2.75) is 26.8 Å². The van der Waals surface area contributed by atoms with E-state index in [0.29, 0.717) is 0 Å². The molecular weight excluding hydrogens is 288 g/mol. The van der Waals surface area contributed by atoms with Crippen LogP contribution >= 0.6 is 0 Å². The summed E-state index contributed by atoms with van der Waals surface area (Å²) in [5.74, 6) is -1.41. The average molecular weight is 307 g/mol. The summed E-state index contributed by atoms with van der Waals surface area (Å²) in [6.45, 7) is 3.86. The van der Waals surface area contributed by atoms with E-state index in [9.17, 15) is 13.6 Å². The van der Waals surface area contributed by atoms with Gasteiger partial charge in [0.15, 0.2) is 0 Å².